The van der Waals surface area contributed by atoms with Gasteiger partial charge < -0.3 is 5.32 Å². The maximum atomic E-state index is 12.9. The number of carbonyl (C=O) groups is 1. The molecule has 29 heavy (non-hydrogen) atoms. The first kappa shape index (κ1) is 21.3. The van der Waals surface area contributed by atoms with E-state index in [2.05, 4.69) is 10.0 Å². The fraction of sp³-hybridized carbons (Fsp3) is 0.350. The van der Waals surface area contributed by atoms with E-state index in [1.807, 2.05) is 0 Å². The zero-order valence-corrected chi connectivity index (χ0v) is 16.7. The van der Waals surface area contributed by atoms with Gasteiger partial charge in [-0.05, 0) is 62.1 Å². The van der Waals surface area contributed by atoms with Gasteiger partial charge in [-0.15, -0.1) is 0 Å². The molecule has 0 spiro atoms. The van der Waals surface area contributed by atoms with Gasteiger partial charge in [0.1, 0.15) is 0 Å². The summed E-state index contributed by atoms with van der Waals surface area (Å²) in [6.45, 7) is 3.23. The number of hydrogen-bond acceptors (Lipinski definition) is 3. The van der Waals surface area contributed by atoms with E-state index < -0.39 is 33.7 Å². The SMILES string of the molecule is Cc1ccc(S(=O)(=O)NC2CC2)cc1C(=O)NC(C)c1cccc(C(F)(F)F)c1. The zero-order chi connectivity index (χ0) is 21.4. The van der Waals surface area contributed by atoms with E-state index in [-0.39, 0.29) is 16.5 Å². The standard InChI is InChI=1S/C20H21F3N2O3S/c1-12-6-9-17(29(27,28)25-16-7-8-16)11-18(12)19(26)24-13(2)14-4-3-5-15(10-14)20(21,22)23/h3-6,9-11,13,16,25H,7-8H2,1-2H3,(H,24,26). The van der Waals surface area contributed by atoms with Crippen molar-refractivity contribution in [1.82, 2.24) is 10.0 Å². The van der Waals surface area contributed by atoms with Crippen LogP contribution in [0.1, 0.15) is 52.9 Å². The summed E-state index contributed by atoms with van der Waals surface area (Å²) in [7, 11) is -3.73. The van der Waals surface area contributed by atoms with Crippen molar-refractivity contribution in [3.8, 4) is 0 Å². The molecular formula is C20H21F3N2O3S. The quantitative estimate of drug-likeness (QED) is 0.735. The highest BCUT2D eigenvalue weighted by atomic mass is 32.2. The first-order valence-electron chi connectivity index (χ1n) is 9.08. The van der Waals surface area contributed by atoms with E-state index in [1.165, 1.54) is 30.3 Å². The monoisotopic (exact) mass is 426 g/mol. The van der Waals surface area contributed by atoms with Crippen LogP contribution in [0.4, 0.5) is 13.2 Å². The number of halogens is 3. The maximum Gasteiger partial charge on any atom is 0.416 e. The Balaban J connectivity index is 1.81. The average molecular weight is 426 g/mol. The van der Waals surface area contributed by atoms with Crippen molar-refractivity contribution in [2.45, 2.75) is 49.8 Å². The van der Waals surface area contributed by atoms with Crippen molar-refractivity contribution in [3.63, 3.8) is 0 Å². The van der Waals surface area contributed by atoms with Crippen LogP contribution in [0, 0.1) is 6.92 Å². The molecule has 2 aromatic rings. The van der Waals surface area contributed by atoms with E-state index in [1.54, 1.807) is 13.8 Å². The van der Waals surface area contributed by atoms with Crippen molar-refractivity contribution < 1.29 is 26.4 Å². The smallest absolute Gasteiger partial charge is 0.346 e. The van der Waals surface area contributed by atoms with E-state index in [0.29, 0.717) is 11.1 Å². The van der Waals surface area contributed by atoms with E-state index in [0.717, 1.165) is 25.0 Å². The first-order chi connectivity index (χ1) is 13.5. The summed E-state index contributed by atoms with van der Waals surface area (Å²) in [5.41, 5.74) is 0.211. The maximum absolute atomic E-state index is 12.9. The summed E-state index contributed by atoms with van der Waals surface area (Å²) in [5, 5.41) is 2.64. The molecule has 0 aliphatic heterocycles. The lowest BCUT2D eigenvalue weighted by Gasteiger charge is -2.17. The topological polar surface area (TPSA) is 75.3 Å². The van der Waals surface area contributed by atoms with Gasteiger partial charge in [-0.2, -0.15) is 13.2 Å². The van der Waals surface area contributed by atoms with Crippen molar-refractivity contribution in [2.24, 2.45) is 0 Å². The minimum absolute atomic E-state index is 0.0214. The van der Waals surface area contributed by atoms with Crippen molar-refractivity contribution in [2.75, 3.05) is 0 Å². The van der Waals surface area contributed by atoms with Gasteiger partial charge in [-0.1, -0.05) is 18.2 Å². The van der Waals surface area contributed by atoms with Crippen LogP contribution in [-0.4, -0.2) is 20.4 Å². The molecular weight excluding hydrogens is 405 g/mol. The van der Waals surface area contributed by atoms with Crippen LogP contribution in [-0.2, 0) is 16.2 Å². The fourth-order valence-electron chi connectivity index (χ4n) is 2.84. The molecule has 1 atom stereocenters. The van der Waals surface area contributed by atoms with Crippen molar-refractivity contribution in [3.05, 3.63) is 64.7 Å². The van der Waals surface area contributed by atoms with Crippen molar-refractivity contribution >= 4 is 15.9 Å². The fourth-order valence-corrected chi connectivity index (χ4v) is 4.17. The predicted molar refractivity (Wildman–Crippen MR) is 102 cm³/mol. The van der Waals surface area contributed by atoms with Gasteiger partial charge in [0, 0.05) is 11.6 Å². The molecule has 3 rings (SSSR count). The second kappa shape index (κ2) is 7.79. The largest absolute Gasteiger partial charge is 0.416 e. The highest BCUT2D eigenvalue weighted by Crippen LogP contribution is 2.31. The highest BCUT2D eigenvalue weighted by Gasteiger charge is 2.31. The third kappa shape index (κ3) is 5.16. The molecule has 1 unspecified atom stereocenters. The lowest BCUT2D eigenvalue weighted by molar-refractivity contribution is -0.137. The Morgan fingerprint density at radius 3 is 2.45 bits per heavy atom. The Bertz CT molecular complexity index is 1030. The lowest BCUT2D eigenvalue weighted by Crippen LogP contribution is -2.29. The van der Waals surface area contributed by atoms with Crippen LogP contribution < -0.4 is 10.0 Å². The Kier molecular flexibility index (Phi) is 5.73. The average Bonchev–Trinajstić information content (AvgIpc) is 3.44. The molecule has 0 aromatic heterocycles. The van der Waals surface area contributed by atoms with Gasteiger partial charge in [0.15, 0.2) is 0 Å². The second-order valence-electron chi connectivity index (χ2n) is 7.19. The summed E-state index contributed by atoms with van der Waals surface area (Å²) in [5.74, 6) is -0.559. The highest BCUT2D eigenvalue weighted by molar-refractivity contribution is 7.89. The lowest BCUT2D eigenvalue weighted by atomic mass is 10.0. The second-order valence-corrected chi connectivity index (χ2v) is 8.90. The predicted octanol–water partition coefficient (Wildman–Crippen LogP) is 3.95. The van der Waals surface area contributed by atoms with Gasteiger partial charge in [0.25, 0.3) is 5.91 Å². The molecule has 9 heteroatoms. The number of benzene rings is 2. The van der Waals surface area contributed by atoms with Gasteiger partial charge in [-0.25, -0.2) is 13.1 Å². The molecule has 1 aliphatic rings. The number of nitrogens with one attached hydrogen (secondary N) is 2. The molecule has 156 valence electrons. The van der Waals surface area contributed by atoms with Crippen molar-refractivity contribution in [1.29, 1.82) is 0 Å². The normalized spacial score (nSPS) is 15.8. The third-order valence-corrected chi connectivity index (χ3v) is 6.24. The molecule has 0 bridgehead atoms. The number of alkyl halides is 3. The Hall–Kier alpha value is -2.39. The molecule has 0 heterocycles. The number of hydrogen-bond donors (Lipinski definition) is 2. The number of carbonyl (C=O) groups excluding carboxylic acids is 1. The summed E-state index contributed by atoms with van der Waals surface area (Å²) in [6.07, 6.45) is -2.91. The Labute approximate surface area is 167 Å². The van der Waals surface area contributed by atoms with Gasteiger partial charge >= 0.3 is 6.18 Å². The number of rotatable bonds is 6. The summed E-state index contributed by atoms with van der Waals surface area (Å²) < 4.78 is 66.1. The van der Waals surface area contributed by atoms with Crippen LogP contribution in [0.3, 0.4) is 0 Å². The Morgan fingerprint density at radius 2 is 1.83 bits per heavy atom. The van der Waals surface area contributed by atoms with E-state index in [4.69, 9.17) is 0 Å². The summed E-state index contributed by atoms with van der Waals surface area (Å²) in [4.78, 5) is 12.7. The first-order valence-corrected chi connectivity index (χ1v) is 10.6. The Morgan fingerprint density at radius 1 is 1.14 bits per heavy atom. The van der Waals surface area contributed by atoms with E-state index in [9.17, 15) is 26.4 Å². The molecule has 0 radical (unpaired) electrons. The van der Waals surface area contributed by atoms with Crippen LogP contribution in [0.15, 0.2) is 47.4 Å². The van der Waals surface area contributed by atoms with E-state index >= 15 is 0 Å². The molecule has 1 amide bonds. The van der Waals surface area contributed by atoms with Crippen LogP contribution in [0.25, 0.3) is 0 Å². The molecule has 1 aliphatic carbocycles. The van der Waals surface area contributed by atoms with Gasteiger partial charge in [0.05, 0.1) is 16.5 Å². The molecule has 0 saturated heterocycles. The third-order valence-electron chi connectivity index (χ3n) is 4.72. The number of amides is 1. The summed E-state index contributed by atoms with van der Waals surface area (Å²) in [6, 6.07) is 8.19. The molecule has 1 fully saturated rings. The minimum Gasteiger partial charge on any atom is -0.346 e. The number of sulfonamides is 1. The minimum atomic E-state index is -4.48. The molecule has 2 N–H and O–H groups in total. The van der Waals surface area contributed by atoms with Crippen LogP contribution in [0.5, 0.6) is 0 Å². The van der Waals surface area contributed by atoms with Gasteiger partial charge in [0.2, 0.25) is 10.0 Å². The van der Waals surface area contributed by atoms with Gasteiger partial charge in [-0.3, -0.25) is 4.79 Å². The summed E-state index contributed by atoms with van der Waals surface area (Å²) >= 11 is 0. The molecule has 5 nitrogen and oxygen atoms in total. The van der Waals surface area contributed by atoms with Crippen LogP contribution in [0.2, 0.25) is 0 Å². The molecule has 2 aromatic carbocycles. The number of aryl methyl sites for hydroxylation is 1. The molecule has 1 saturated carbocycles. The van der Waals surface area contributed by atoms with Crippen LogP contribution >= 0.6 is 0 Å². The zero-order valence-electron chi connectivity index (χ0n) is 15.9.